The number of nitro groups is 1. The molecule has 1 aromatic carbocycles. The van der Waals surface area contributed by atoms with Crippen LogP contribution >= 0.6 is 0 Å². The van der Waals surface area contributed by atoms with Crippen LogP contribution in [0.1, 0.15) is 24.0 Å². The molecule has 1 atom stereocenters. The van der Waals surface area contributed by atoms with Crippen molar-refractivity contribution in [3.8, 4) is 0 Å². The Morgan fingerprint density at radius 3 is 2.92 bits per heavy atom. The Morgan fingerprint density at radius 2 is 2.29 bits per heavy atom. The minimum atomic E-state index is -0.616. The Hall–Kier alpha value is -2.25. The first-order valence-electron chi connectivity index (χ1n) is 8.16. The molecule has 0 aliphatic heterocycles. The molecule has 2 aromatic rings. The normalized spacial score (nSPS) is 15.6. The van der Waals surface area contributed by atoms with E-state index in [0.29, 0.717) is 12.6 Å². The lowest BCUT2D eigenvalue weighted by atomic mass is 10.1. The maximum atomic E-state index is 10.7. The van der Waals surface area contributed by atoms with Crippen molar-refractivity contribution in [2.75, 3.05) is 6.54 Å². The van der Waals surface area contributed by atoms with Gasteiger partial charge >= 0.3 is 5.69 Å². The third-order valence-electron chi connectivity index (χ3n) is 4.20. The van der Waals surface area contributed by atoms with E-state index in [2.05, 4.69) is 41.2 Å². The largest absolute Gasteiger partial charge is 0.390 e. The number of nitrogens with zero attached hydrogens (tertiary/aromatic N) is 4. The first-order valence-corrected chi connectivity index (χ1v) is 8.16. The highest BCUT2D eigenvalue weighted by Gasteiger charge is 2.30. The molecule has 1 aliphatic carbocycles. The summed E-state index contributed by atoms with van der Waals surface area (Å²) in [4.78, 5) is 12.5. The van der Waals surface area contributed by atoms with Crippen LogP contribution in [0.5, 0.6) is 0 Å². The predicted octanol–water partition coefficient (Wildman–Crippen LogP) is 2.13. The maximum absolute atomic E-state index is 10.7. The average Bonchev–Trinajstić information content (AvgIpc) is 3.26. The van der Waals surface area contributed by atoms with E-state index < -0.39 is 11.0 Å². The van der Waals surface area contributed by atoms with Crippen LogP contribution in [0.15, 0.2) is 36.7 Å². The fourth-order valence-electron chi connectivity index (χ4n) is 2.92. The lowest BCUT2D eigenvalue weighted by molar-refractivity contribution is -0.385. The second-order valence-corrected chi connectivity index (χ2v) is 6.48. The number of hydrogen-bond acceptors (Lipinski definition) is 5. The molecule has 7 nitrogen and oxygen atoms in total. The summed E-state index contributed by atoms with van der Waals surface area (Å²) >= 11 is 0. The van der Waals surface area contributed by atoms with E-state index >= 15 is 0 Å². The van der Waals surface area contributed by atoms with Crippen molar-refractivity contribution in [1.82, 2.24) is 14.7 Å². The summed E-state index contributed by atoms with van der Waals surface area (Å²) in [5.41, 5.74) is 2.41. The fraction of sp³-hybridized carbons (Fsp3) is 0.471. The molecule has 0 radical (unpaired) electrons. The lowest BCUT2D eigenvalue weighted by Crippen LogP contribution is -2.36. The van der Waals surface area contributed by atoms with E-state index in [1.807, 2.05) is 0 Å². The van der Waals surface area contributed by atoms with Crippen LogP contribution in [0.25, 0.3) is 0 Å². The minimum absolute atomic E-state index is 0.0546. The molecule has 1 N–H and O–H groups in total. The van der Waals surface area contributed by atoms with Gasteiger partial charge in [-0.2, -0.15) is 5.10 Å². The molecule has 1 saturated carbocycles. The quantitative estimate of drug-likeness (QED) is 0.592. The predicted molar refractivity (Wildman–Crippen MR) is 89.5 cm³/mol. The summed E-state index contributed by atoms with van der Waals surface area (Å²) in [6, 6.07) is 8.91. The van der Waals surface area contributed by atoms with Crippen LogP contribution in [0, 0.1) is 17.0 Å². The molecule has 1 aliphatic rings. The molecule has 3 rings (SSSR count). The lowest BCUT2D eigenvalue weighted by Gasteiger charge is -2.25. The molecule has 0 spiro atoms. The summed E-state index contributed by atoms with van der Waals surface area (Å²) in [6.07, 6.45) is 4.26. The topological polar surface area (TPSA) is 84.4 Å². The number of aliphatic hydroxyl groups excluding tert-OH is 1. The molecular formula is C17H22N4O3. The molecule has 7 heteroatoms. The number of benzene rings is 1. The van der Waals surface area contributed by atoms with E-state index in [1.54, 1.807) is 0 Å². The third kappa shape index (κ3) is 4.39. The van der Waals surface area contributed by atoms with Crippen LogP contribution in [0.2, 0.25) is 0 Å². The molecular weight excluding hydrogens is 308 g/mol. The van der Waals surface area contributed by atoms with Crippen molar-refractivity contribution < 1.29 is 10.0 Å². The number of rotatable bonds is 8. The summed E-state index contributed by atoms with van der Waals surface area (Å²) in [5, 5.41) is 25.0. The molecule has 1 aromatic heterocycles. The second kappa shape index (κ2) is 7.11. The molecule has 0 bridgehead atoms. The highest BCUT2D eigenvalue weighted by Crippen LogP contribution is 2.28. The van der Waals surface area contributed by atoms with Crippen molar-refractivity contribution in [2.45, 2.75) is 45.0 Å². The fourth-order valence-corrected chi connectivity index (χ4v) is 2.92. The zero-order chi connectivity index (χ0) is 17.1. The average molecular weight is 330 g/mol. The molecule has 128 valence electrons. The number of hydrogen-bond donors (Lipinski definition) is 1. The summed E-state index contributed by atoms with van der Waals surface area (Å²) in [5.74, 6) is 0. The Labute approximate surface area is 140 Å². The van der Waals surface area contributed by atoms with Gasteiger partial charge in [0.25, 0.3) is 0 Å². The van der Waals surface area contributed by atoms with Crippen LogP contribution in [0.3, 0.4) is 0 Å². The summed E-state index contributed by atoms with van der Waals surface area (Å²) in [6.45, 7) is 3.67. The van der Waals surface area contributed by atoms with Gasteiger partial charge in [0.1, 0.15) is 12.4 Å². The summed E-state index contributed by atoms with van der Waals surface area (Å²) in [7, 11) is 0. The second-order valence-electron chi connectivity index (χ2n) is 6.48. The van der Waals surface area contributed by atoms with Crippen molar-refractivity contribution in [3.05, 3.63) is 57.9 Å². The monoisotopic (exact) mass is 330 g/mol. The van der Waals surface area contributed by atoms with Gasteiger partial charge in [0.15, 0.2) is 0 Å². The Bertz CT molecular complexity index is 711. The van der Waals surface area contributed by atoms with Crippen molar-refractivity contribution in [3.63, 3.8) is 0 Å². The molecule has 0 saturated heterocycles. The zero-order valence-electron chi connectivity index (χ0n) is 13.7. The third-order valence-corrected chi connectivity index (χ3v) is 4.20. The van der Waals surface area contributed by atoms with Crippen molar-refractivity contribution >= 4 is 5.69 Å². The smallest absolute Gasteiger partial charge is 0.306 e. The highest BCUT2D eigenvalue weighted by atomic mass is 16.6. The standard InChI is InChI=1S/C17H22N4O3/c1-13-3-2-4-14(7-13)9-19(15-5-6-15)11-17(22)12-20-10-16(8-18-20)21(23)24/h2-4,7-8,10,15,17,22H,5-6,9,11-12H2,1H3. The molecule has 24 heavy (non-hydrogen) atoms. The number of aliphatic hydroxyl groups is 1. The van der Waals surface area contributed by atoms with E-state index in [-0.39, 0.29) is 12.2 Å². The van der Waals surface area contributed by atoms with Gasteiger partial charge < -0.3 is 5.11 Å². The van der Waals surface area contributed by atoms with Crippen molar-refractivity contribution in [1.29, 1.82) is 0 Å². The molecule has 1 heterocycles. The molecule has 1 fully saturated rings. The van der Waals surface area contributed by atoms with Gasteiger partial charge in [-0.15, -0.1) is 0 Å². The van der Waals surface area contributed by atoms with E-state index in [4.69, 9.17) is 0 Å². The number of aryl methyl sites for hydroxylation is 1. The van der Waals surface area contributed by atoms with Gasteiger partial charge in [0, 0.05) is 19.1 Å². The molecule has 1 unspecified atom stereocenters. The maximum Gasteiger partial charge on any atom is 0.306 e. The number of aromatic nitrogens is 2. The van der Waals surface area contributed by atoms with Gasteiger partial charge in [-0.1, -0.05) is 29.8 Å². The highest BCUT2D eigenvalue weighted by molar-refractivity contribution is 5.22. The van der Waals surface area contributed by atoms with Gasteiger partial charge in [-0.25, -0.2) is 0 Å². The minimum Gasteiger partial charge on any atom is -0.390 e. The van der Waals surface area contributed by atoms with Gasteiger partial charge in [0.05, 0.1) is 17.6 Å². The van der Waals surface area contributed by atoms with Crippen molar-refractivity contribution in [2.24, 2.45) is 0 Å². The van der Waals surface area contributed by atoms with Crippen LogP contribution < -0.4 is 0 Å². The van der Waals surface area contributed by atoms with E-state index in [9.17, 15) is 15.2 Å². The van der Waals surface area contributed by atoms with E-state index in [0.717, 1.165) is 19.4 Å². The van der Waals surface area contributed by atoms with Gasteiger partial charge in [-0.05, 0) is 25.3 Å². The van der Waals surface area contributed by atoms with Crippen LogP contribution in [-0.4, -0.2) is 43.4 Å². The van der Waals surface area contributed by atoms with Gasteiger partial charge in [-0.3, -0.25) is 19.7 Å². The molecule has 0 amide bonds. The van der Waals surface area contributed by atoms with Gasteiger partial charge in [0.2, 0.25) is 0 Å². The first kappa shape index (κ1) is 16.6. The Balaban J connectivity index is 1.59. The summed E-state index contributed by atoms with van der Waals surface area (Å²) < 4.78 is 1.43. The van der Waals surface area contributed by atoms with Crippen LogP contribution in [-0.2, 0) is 13.1 Å². The SMILES string of the molecule is Cc1cccc(CN(CC(O)Cn2cc([N+](=O)[O-])cn2)C2CC2)c1. The zero-order valence-corrected chi connectivity index (χ0v) is 13.7. The Kier molecular flexibility index (Phi) is 4.92. The first-order chi connectivity index (χ1) is 11.5. The van der Waals surface area contributed by atoms with E-state index in [1.165, 1.54) is 28.2 Å². The van der Waals surface area contributed by atoms with Crippen LogP contribution in [0.4, 0.5) is 5.69 Å². The Morgan fingerprint density at radius 1 is 1.50 bits per heavy atom.